The third-order valence-electron chi connectivity index (χ3n) is 3.01. The molecule has 0 saturated heterocycles. The lowest BCUT2D eigenvalue weighted by Crippen LogP contribution is -2.09. The fourth-order valence-electron chi connectivity index (χ4n) is 2.14. The first-order valence-corrected chi connectivity index (χ1v) is 5.52. The lowest BCUT2D eigenvalue weighted by molar-refractivity contribution is 0.356. The maximum atomic E-state index is 5.38. The smallest absolute Gasteiger partial charge is 0.270 e. The van der Waals surface area contributed by atoms with Gasteiger partial charge < -0.3 is 8.94 Å². The second-order valence-corrected chi connectivity index (χ2v) is 4.41. The highest BCUT2D eigenvalue weighted by Gasteiger charge is 2.26. The Kier molecular flexibility index (Phi) is 2.05. The van der Waals surface area contributed by atoms with Crippen LogP contribution in [0.5, 0.6) is 0 Å². The van der Waals surface area contributed by atoms with E-state index < -0.39 is 0 Å². The Morgan fingerprint density at radius 2 is 2.19 bits per heavy atom. The van der Waals surface area contributed by atoms with Crippen LogP contribution in [0.4, 0.5) is 0 Å². The van der Waals surface area contributed by atoms with Gasteiger partial charge in [0.15, 0.2) is 5.69 Å². The first-order valence-electron chi connectivity index (χ1n) is 5.52. The molecular formula is C11H13N3O2. The molecule has 3 rings (SSSR count). The molecule has 84 valence electrons. The van der Waals surface area contributed by atoms with Crippen LogP contribution in [-0.2, 0) is 12.8 Å². The van der Waals surface area contributed by atoms with E-state index in [1.807, 2.05) is 0 Å². The van der Waals surface area contributed by atoms with E-state index in [9.17, 15) is 0 Å². The Hall–Kier alpha value is -1.65. The summed E-state index contributed by atoms with van der Waals surface area (Å²) in [5.41, 5.74) is 1.87. The van der Waals surface area contributed by atoms with Gasteiger partial charge in [-0.1, -0.05) is 12.1 Å². The quantitative estimate of drug-likeness (QED) is 0.735. The summed E-state index contributed by atoms with van der Waals surface area (Å²) in [7, 11) is 0. The Labute approximate surface area is 92.8 Å². The Morgan fingerprint density at radius 3 is 2.94 bits per heavy atom. The van der Waals surface area contributed by atoms with Crippen molar-refractivity contribution in [2.24, 2.45) is 5.92 Å². The van der Waals surface area contributed by atoms with Gasteiger partial charge in [0.25, 0.3) is 5.89 Å². The van der Waals surface area contributed by atoms with Gasteiger partial charge in [0.2, 0.25) is 5.89 Å². The van der Waals surface area contributed by atoms with E-state index in [1.54, 1.807) is 6.92 Å². The molecule has 0 bridgehead atoms. The SMILES string of the molecule is Cc1nnc(-c2noc3c2CC(C)CC3)o1. The monoisotopic (exact) mass is 219 g/mol. The van der Waals surface area contributed by atoms with Crippen LogP contribution in [0, 0.1) is 12.8 Å². The van der Waals surface area contributed by atoms with E-state index in [1.165, 1.54) is 0 Å². The van der Waals surface area contributed by atoms with Gasteiger partial charge in [0.05, 0.1) is 0 Å². The number of aryl methyl sites for hydroxylation is 2. The van der Waals surface area contributed by atoms with Crippen molar-refractivity contribution >= 4 is 0 Å². The first-order chi connectivity index (χ1) is 7.74. The molecule has 1 aliphatic carbocycles. The van der Waals surface area contributed by atoms with Gasteiger partial charge in [-0.15, -0.1) is 10.2 Å². The summed E-state index contributed by atoms with van der Waals surface area (Å²) in [5.74, 6) is 2.66. The number of rotatable bonds is 1. The minimum atomic E-state index is 0.469. The van der Waals surface area contributed by atoms with Gasteiger partial charge in [0.1, 0.15) is 5.76 Å². The van der Waals surface area contributed by atoms with Gasteiger partial charge in [-0.2, -0.15) is 0 Å². The second kappa shape index (κ2) is 3.43. The van der Waals surface area contributed by atoms with Crippen molar-refractivity contribution in [3.05, 3.63) is 17.2 Å². The van der Waals surface area contributed by atoms with Gasteiger partial charge in [0, 0.05) is 18.9 Å². The Morgan fingerprint density at radius 1 is 1.31 bits per heavy atom. The molecule has 2 aromatic rings. The van der Waals surface area contributed by atoms with E-state index in [2.05, 4.69) is 22.3 Å². The number of hydrogen-bond acceptors (Lipinski definition) is 5. The fourth-order valence-corrected chi connectivity index (χ4v) is 2.14. The van der Waals surface area contributed by atoms with E-state index in [4.69, 9.17) is 8.94 Å². The van der Waals surface area contributed by atoms with Crippen LogP contribution < -0.4 is 0 Å². The molecule has 16 heavy (non-hydrogen) atoms. The Bertz CT molecular complexity index is 515. The van der Waals surface area contributed by atoms with Crippen LogP contribution in [0.15, 0.2) is 8.94 Å². The van der Waals surface area contributed by atoms with Gasteiger partial charge in [-0.25, -0.2) is 0 Å². The third-order valence-corrected chi connectivity index (χ3v) is 3.01. The van der Waals surface area contributed by atoms with Crippen LogP contribution in [0.2, 0.25) is 0 Å². The standard InChI is InChI=1S/C11H13N3O2/c1-6-3-4-9-8(5-6)10(14-16-9)11-13-12-7(2)15-11/h6H,3-5H2,1-2H3. The van der Waals surface area contributed by atoms with Gasteiger partial charge in [-0.05, 0) is 18.8 Å². The van der Waals surface area contributed by atoms with E-state index in [-0.39, 0.29) is 0 Å². The zero-order valence-corrected chi connectivity index (χ0v) is 9.36. The molecule has 0 fully saturated rings. The molecule has 2 heterocycles. The molecular weight excluding hydrogens is 206 g/mol. The molecule has 0 spiro atoms. The highest BCUT2D eigenvalue weighted by atomic mass is 16.5. The molecule has 2 aromatic heterocycles. The van der Waals surface area contributed by atoms with E-state index in [0.717, 1.165) is 36.3 Å². The van der Waals surface area contributed by atoms with Crippen molar-refractivity contribution in [1.82, 2.24) is 15.4 Å². The molecule has 0 radical (unpaired) electrons. The summed E-state index contributed by atoms with van der Waals surface area (Å²) >= 11 is 0. The number of fused-ring (bicyclic) bond motifs is 1. The average Bonchev–Trinajstić information content (AvgIpc) is 2.83. The molecule has 1 aliphatic rings. The molecule has 0 amide bonds. The molecule has 0 saturated carbocycles. The topological polar surface area (TPSA) is 65.0 Å². The predicted octanol–water partition coefficient (Wildman–Crippen LogP) is 2.16. The molecule has 0 N–H and O–H groups in total. The largest absolute Gasteiger partial charge is 0.420 e. The van der Waals surface area contributed by atoms with Crippen molar-refractivity contribution in [2.75, 3.05) is 0 Å². The van der Waals surface area contributed by atoms with Crippen molar-refractivity contribution in [3.8, 4) is 11.6 Å². The minimum Gasteiger partial charge on any atom is -0.420 e. The highest BCUT2D eigenvalue weighted by molar-refractivity contribution is 5.53. The van der Waals surface area contributed by atoms with E-state index >= 15 is 0 Å². The molecule has 5 heteroatoms. The summed E-state index contributed by atoms with van der Waals surface area (Å²) in [6.07, 6.45) is 3.09. The summed E-state index contributed by atoms with van der Waals surface area (Å²) < 4.78 is 10.7. The molecule has 5 nitrogen and oxygen atoms in total. The molecule has 1 atom stereocenters. The van der Waals surface area contributed by atoms with Gasteiger partial charge in [-0.3, -0.25) is 0 Å². The minimum absolute atomic E-state index is 0.469. The van der Waals surface area contributed by atoms with Crippen molar-refractivity contribution in [2.45, 2.75) is 33.1 Å². The maximum Gasteiger partial charge on any atom is 0.270 e. The fraction of sp³-hybridized carbons (Fsp3) is 0.545. The summed E-state index contributed by atoms with van der Waals surface area (Å²) in [4.78, 5) is 0. The normalized spacial score (nSPS) is 19.8. The summed E-state index contributed by atoms with van der Waals surface area (Å²) in [5, 5.41) is 11.8. The number of nitrogens with zero attached hydrogens (tertiary/aromatic N) is 3. The number of aromatic nitrogens is 3. The predicted molar refractivity (Wildman–Crippen MR) is 55.7 cm³/mol. The molecule has 1 unspecified atom stereocenters. The Balaban J connectivity index is 2.06. The van der Waals surface area contributed by atoms with Gasteiger partial charge >= 0.3 is 0 Å². The second-order valence-electron chi connectivity index (χ2n) is 4.41. The number of hydrogen-bond donors (Lipinski definition) is 0. The summed E-state index contributed by atoms with van der Waals surface area (Å²) in [6, 6.07) is 0. The van der Waals surface area contributed by atoms with Crippen molar-refractivity contribution in [3.63, 3.8) is 0 Å². The third kappa shape index (κ3) is 1.43. The molecule has 0 aromatic carbocycles. The molecule has 0 aliphatic heterocycles. The van der Waals surface area contributed by atoms with E-state index in [0.29, 0.717) is 17.7 Å². The maximum absolute atomic E-state index is 5.38. The van der Waals surface area contributed by atoms with Crippen LogP contribution in [0.3, 0.4) is 0 Å². The first kappa shape index (κ1) is 9.57. The van der Waals surface area contributed by atoms with Crippen LogP contribution in [0.25, 0.3) is 11.6 Å². The lowest BCUT2D eigenvalue weighted by Gasteiger charge is -2.15. The van der Waals surface area contributed by atoms with Crippen LogP contribution in [0.1, 0.15) is 30.6 Å². The van der Waals surface area contributed by atoms with Crippen LogP contribution in [-0.4, -0.2) is 15.4 Å². The van der Waals surface area contributed by atoms with Crippen molar-refractivity contribution < 1.29 is 8.94 Å². The van der Waals surface area contributed by atoms with Crippen LogP contribution >= 0.6 is 0 Å². The lowest BCUT2D eigenvalue weighted by atomic mass is 9.88. The summed E-state index contributed by atoms with van der Waals surface area (Å²) in [6.45, 7) is 4.00. The zero-order chi connectivity index (χ0) is 11.1. The van der Waals surface area contributed by atoms with Crippen molar-refractivity contribution in [1.29, 1.82) is 0 Å². The highest BCUT2D eigenvalue weighted by Crippen LogP contribution is 2.32. The zero-order valence-electron chi connectivity index (χ0n) is 9.36. The average molecular weight is 219 g/mol.